The van der Waals surface area contributed by atoms with Gasteiger partial charge in [-0.2, -0.15) is 0 Å². The highest BCUT2D eigenvalue weighted by molar-refractivity contribution is 6.09. The van der Waals surface area contributed by atoms with Gasteiger partial charge >= 0.3 is 0 Å². The summed E-state index contributed by atoms with van der Waals surface area (Å²) >= 11 is 0. The molecule has 10 aromatic rings. The first-order chi connectivity index (χ1) is 30.7. The van der Waals surface area contributed by atoms with Crippen molar-refractivity contribution in [1.29, 1.82) is 0 Å². The molecule has 10 rings (SSSR count). The van der Waals surface area contributed by atoms with E-state index >= 15 is 0 Å². The smallest absolute Gasteiger partial charge is 0.164 e. The standard InChI is InChI=1S/C47H29N3O/c1-3-12-30(13-4-1)33-23-22-31-16-11-20-40(42(31)28-33)46-48-45(32-14-5-2-6-15-32)49-47(50-46)41-27-26-35(36-17-7-8-18-37(36)41)34-24-25-39-38-19-9-10-21-43(38)51-44(39)29-34/h1-29H/i7D,8D,9D,10D,17D,18D,19D,21D,24D,25D,26D,27D,29D. The fourth-order valence-electron chi connectivity index (χ4n) is 6.32. The molecule has 0 amide bonds. The van der Waals surface area contributed by atoms with E-state index in [9.17, 15) is 8.22 Å². The molecule has 2 heterocycles. The van der Waals surface area contributed by atoms with Crippen molar-refractivity contribution in [3.63, 3.8) is 0 Å². The Hall–Kier alpha value is -6.91. The highest BCUT2D eigenvalue weighted by Gasteiger charge is 2.18. The van der Waals surface area contributed by atoms with Gasteiger partial charge in [0, 0.05) is 27.5 Å². The first-order valence-electron chi connectivity index (χ1n) is 22.6. The van der Waals surface area contributed by atoms with Crippen molar-refractivity contribution in [3.05, 3.63) is 176 Å². The number of hydrogen-bond acceptors (Lipinski definition) is 4. The number of fused-ring (bicyclic) bond motifs is 5. The van der Waals surface area contributed by atoms with E-state index in [1.54, 1.807) is 24.3 Å². The zero-order valence-corrected chi connectivity index (χ0v) is 26.5. The van der Waals surface area contributed by atoms with Crippen LogP contribution in [0.2, 0.25) is 0 Å². The highest BCUT2D eigenvalue weighted by atomic mass is 16.3. The number of benzene rings is 8. The van der Waals surface area contributed by atoms with Crippen LogP contribution in [-0.2, 0) is 0 Å². The molecule has 0 saturated carbocycles. The first kappa shape index (κ1) is 18.7. The quantitative estimate of drug-likeness (QED) is 0.184. The van der Waals surface area contributed by atoms with Crippen LogP contribution in [-0.4, -0.2) is 15.0 Å². The summed E-state index contributed by atoms with van der Waals surface area (Å²) in [5.41, 5.74) is 1.19. The minimum atomic E-state index is -0.703. The van der Waals surface area contributed by atoms with Gasteiger partial charge in [-0.05, 0) is 74.0 Å². The molecule has 51 heavy (non-hydrogen) atoms. The molecule has 0 radical (unpaired) electrons. The third-order valence-corrected chi connectivity index (χ3v) is 8.76. The summed E-state index contributed by atoms with van der Waals surface area (Å²) in [6.07, 6.45) is 0. The fourth-order valence-corrected chi connectivity index (χ4v) is 6.32. The Morgan fingerprint density at radius 2 is 1.04 bits per heavy atom. The summed E-state index contributed by atoms with van der Waals surface area (Å²) in [6, 6.07) is 22.3. The van der Waals surface area contributed by atoms with E-state index < -0.39 is 95.3 Å². The Bertz CT molecular complexity index is 3660. The average Bonchev–Trinajstić information content (AvgIpc) is 3.73. The second-order valence-electron chi connectivity index (χ2n) is 11.8. The lowest BCUT2D eigenvalue weighted by atomic mass is 9.94. The number of hydrogen-bond donors (Lipinski definition) is 0. The molecule has 8 aromatic carbocycles. The van der Waals surface area contributed by atoms with Gasteiger partial charge in [0.2, 0.25) is 0 Å². The van der Waals surface area contributed by atoms with Crippen molar-refractivity contribution in [2.75, 3.05) is 0 Å². The average molecular weight is 665 g/mol. The third-order valence-electron chi connectivity index (χ3n) is 8.76. The van der Waals surface area contributed by atoms with Crippen molar-refractivity contribution in [3.8, 4) is 56.4 Å². The Morgan fingerprint density at radius 3 is 1.84 bits per heavy atom. The molecule has 4 nitrogen and oxygen atoms in total. The van der Waals surface area contributed by atoms with Gasteiger partial charge in [0.1, 0.15) is 11.2 Å². The van der Waals surface area contributed by atoms with Gasteiger partial charge in [-0.1, -0.05) is 145 Å². The van der Waals surface area contributed by atoms with Gasteiger partial charge in [-0.15, -0.1) is 0 Å². The zero-order chi connectivity index (χ0) is 45.0. The van der Waals surface area contributed by atoms with Gasteiger partial charge in [-0.25, -0.2) is 15.0 Å². The molecule has 0 N–H and O–H groups in total. The molecule has 0 bridgehead atoms. The molecular formula is C47H29N3O. The monoisotopic (exact) mass is 664 g/mol. The molecule has 0 fully saturated rings. The molecule has 0 aliphatic rings. The second kappa shape index (κ2) is 11.9. The molecule has 0 aliphatic carbocycles. The predicted molar refractivity (Wildman–Crippen MR) is 209 cm³/mol. The number of furan rings is 1. The van der Waals surface area contributed by atoms with Gasteiger partial charge in [0.15, 0.2) is 17.5 Å². The highest BCUT2D eigenvalue weighted by Crippen LogP contribution is 2.39. The molecule has 2 aromatic heterocycles. The fraction of sp³-hybridized carbons (Fsp3) is 0. The predicted octanol–water partition coefficient (Wildman–Crippen LogP) is 12.4. The number of aromatic nitrogens is 3. The number of nitrogens with zero attached hydrogens (tertiary/aromatic N) is 3. The lowest BCUT2D eigenvalue weighted by molar-refractivity contribution is 0.669. The topological polar surface area (TPSA) is 51.8 Å². The maximum absolute atomic E-state index is 9.63. The number of rotatable bonds is 5. The minimum absolute atomic E-state index is 0.172. The lowest BCUT2D eigenvalue weighted by Gasteiger charge is -2.14. The van der Waals surface area contributed by atoms with Crippen molar-refractivity contribution in [1.82, 2.24) is 15.0 Å². The van der Waals surface area contributed by atoms with Crippen LogP contribution < -0.4 is 0 Å². The zero-order valence-electron chi connectivity index (χ0n) is 39.5. The molecule has 0 unspecified atom stereocenters. The van der Waals surface area contributed by atoms with Crippen molar-refractivity contribution in [2.24, 2.45) is 0 Å². The van der Waals surface area contributed by atoms with Crippen LogP contribution in [0.1, 0.15) is 17.8 Å². The van der Waals surface area contributed by atoms with E-state index in [0.717, 1.165) is 21.9 Å². The summed E-state index contributed by atoms with van der Waals surface area (Å²) < 4.78 is 122. The van der Waals surface area contributed by atoms with Crippen molar-refractivity contribution in [2.45, 2.75) is 0 Å². The van der Waals surface area contributed by atoms with Gasteiger partial charge in [0.05, 0.1) is 17.8 Å². The van der Waals surface area contributed by atoms with Crippen LogP contribution in [0.3, 0.4) is 0 Å². The van der Waals surface area contributed by atoms with Gasteiger partial charge in [-0.3, -0.25) is 0 Å². The van der Waals surface area contributed by atoms with Gasteiger partial charge in [0.25, 0.3) is 0 Å². The van der Waals surface area contributed by atoms with Crippen molar-refractivity contribution < 1.29 is 22.2 Å². The maximum Gasteiger partial charge on any atom is 0.164 e. The minimum Gasteiger partial charge on any atom is -0.456 e. The summed E-state index contributed by atoms with van der Waals surface area (Å²) in [5.74, 6) is 0.162. The summed E-state index contributed by atoms with van der Waals surface area (Å²) in [4.78, 5) is 14.6. The normalized spacial score (nSPS) is 15.1. The van der Waals surface area contributed by atoms with Crippen molar-refractivity contribution >= 4 is 43.5 Å². The number of para-hydroxylation sites is 1. The lowest BCUT2D eigenvalue weighted by Crippen LogP contribution is -2.01. The molecule has 4 heteroatoms. The van der Waals surface area contributed by atoms with Crippen LogP contribution in [0.5, 0.6) is 0 Å². The SMILES string of the molecule is [2H]c1c([2H])c([2H])c2c(oc3c([2H])c(-c4c([2H])c([2H])c(-c5nc(-c6ccccc6)nc(-c6cccc7ccc(-c8ccccc8)cc67)n5)c5c([2H])c([2H])c([2H])c([2H])c45)c([2H])c([2H])c32)c1[2H]. The largest absolute Gasteiger partial charge is 0.456 e. The second-order valence-corrected chi connectivity index (χ2v) is 11.8. The van der Waals surface area contributed by atoms with E-state index in [1.165, 1.54) is 0 Å². The van der Waals surface area contributed by atoms with Gasteiger partial charge < -0.3 is 4.42 Å². The molecule has 0 aliphatic heterocycles. The van der Waals surface area contributed by atoms with Crippen LogP contribution in [0.4, 0.5) is 0 Å². The summed E-state index contributed by atoms with van der Waals surface area (Å²) in [5, 5.41) is 0.597. The molecule has 0 spiro atoms. The Labute approximate surface area is 312 Å². The summed E-state index contributed by atoms with van der Waals surface area (Å²) in [6.45, 7) is 0. The summed E-state index contributed by atoms with van der Waals surface area (Å²) in [7, 11) is 0. The van der Waals surface area contributed by atoms with E-state index in [0.29, 0.717) is 11.1 Å². The molecular weight excluding hydrogens is 623 g/mol. The van der Waals surface area contributed by atoms with Crippen LogP contribution in [0.15, 0.2) is 180 Å². The Morgan fingerprint density at radius 1 is 0.392 bits per heavy atom. The van der Waals surface area contributed by atoms with E-state index in [1.807, 2.05) is 72.8 Å². The van der Waals surface area contributed by atoms with E-state index in [4.69, 9.17) is 29.0 Å². The molecule has 0 saturated heterocycles. The molecule has 0 atom stereocenters. The van der Waals surface area contributed by atoms with E-state index in [2.05, 4.69) is 0 Å². The molecule has 238 valence electrons. The Balaban J connectivity index is 1.31. The maximum atomic E-state index is 9.63. The van der Waals surface area contributed by atoms with Crippen LogP contribution in [0, 0.1) is 0 Å². The first-order valence-corrected chi connectivity index (χ1v) is 16.1. The van der Waals surface area contributed by atoms with E-state index in [-0.39, 0.29) is 50.2 Å². The third kappa shape index (κ3) is 5.04. The van der Waals surface area contributed by atoms with Crippen LogP contribution in [0.25, 0.3) is 99.9 Å². The van der Waals surface area contributed by atoms with Crippen LogP contribution >= 0.6 is 0 Å². The Kier molecular flexibility index (Phi) is 4.37.